The van der Waals surface area contributed by atoms with E-state index < -0.39 is 9.84 Å². The van der Waals surface area contributed by atoms with Gasteiger partial charge in [-0.1, -0.05) is 19.1 Å². The van der Waals surface area contributed by atoms with Gasteiger partial charge in [0, 0.05) is 35.1 Å². The summed E-state index contributed by atoms with van der Waals surface area (Å²) in [6.07, 6.45) is 2.35. The summed E-state index contributed by atoms with van der Waals surface area (Å²) in [7, 11) is -2.90. The molecule has 1 aromatic carbocycles. The van der Waals surface area contributed by atoms with E-state index in [2.05, 4.69) is 11.4 Å². The van der Waals surface area contributed by atoms with Crippen LogP contribution in [0.4, 0.5) is 5.69 Å². The second-order valence-corrected chi connectivity index (χ2v) is 8.44. The number of benzene rings is 1. The fourth-order valence-corrected chi connectivity index (χ4v) is 3.34. The Kier molecular flexibility index (Phi) is 6.89. The van der Waals surface area contributed by atoms with Gasteiger partial charge in [0.2, 0.25) is 0 Å². The number of para-hydroxylation sites is 1. The number of rotatable bonds is 8. The Labute approximate surface area is 125 Å². The van der Waals surface area contributed by atoms with Gasteiger partial charge in [0.05, 0.1) is 11.8 Å². The number of nitrogens with one attached hydrogen (secondary N) is 1. The second kappa shape index (κ2) is 8.18. The fraction of sp³-hybridized carbons (Fsp3) is 0.500. The van der Waals surface area contributed by atoms with Crippen molar-refractivity contribution in [2.45, 2.75) is 29.9 Å². The summed E-state index contributed by atoms with van der Waals surface area (Å²) in [5.74, 6) is 0.195. The van der Waals surface area contributed by atoms with E-state index in [1.165, 1.54) is 6.26 Å². The van der Waals surface area contributed by atoms with Gasteiger partial charge in [-0.3, -0.25) is 0 Å². The Hall–Kier alpha value is -1.19. The molecule has 0 aromatic heterocycles. The first-order valence-corrected chi connectivity index (χ1v) is 9.40. The van der Waals surface area contributed by atoms with Gasteiger partial charge in [0.15, 0.2) is 0 Å². The van der Waals surface area contributed by atoms with Gasteiger partial charge in [-0.25, -0.2) is 8.42 Å². The number of hydrogen-bond acceptors (Lipinski definition) is 5. The van der Waals surface area contributed by atoms with Crippen molar-refractivity contribution in [3.8, 4) is 6.07 Å². The van der Waals surface area contributed by atoms with E-state index in [4.69, 9.17) is 5.26 Å². The maximum atomic E-state index is 11.1. The Balaban J connectivity index is 2.55. The molecular weight excluding hydrogens is 292 g/mol. The van der Waals surface area contributed by atoms with Crippen LogP contribution in [0.15, 0.2) is 29.2 Å². The number of nitrogens with zero attached hydrogens (tertiary/aromatic N) is 1. The van der Waals surface area contributed by atoms with Crippen LogP contribution in [0.2, 0.25) is 0 Å². The molecule has 0 saturated heterocycles. The molecule has 0 fully saturated rings. The minimum atomic E-state index is -2.90. The molecule has 1 N–H and O–H groups in total. The summed E-state index contributed by atoms with van der Waals surface area (Å²) >= 11 is 1.66. The normalized spacial score (nSPS) is 12.7. The molecule has 20 heavy (non-hydrogen) atoms. The molecule has 0 aliphatic heterocycles. The zero-order valence-corrected chi connectivity index (χ0v) is 13.4. The van der Waals surface area contributed by atoms with Crippen molar-refractivity contribution in [2.24, 2.45) is 0 Å². The maximum Gasteiger partial charge on any atom is 0.147 e. The van der Waals surface area contributed by atoms with E-state index >= 15 is 0 Å². The van der Waals surface area contributed by atoms with Crippen molar-refractivity contribution in [1.82, 2.24) is 0 Å². The van der Waals surface area contributed by atoms with Crippen LogP contribution in [-0.2, 0) is 9.84 Å². The van der Waals surface area contributed by atoms with Crippen LogP contribution in [0, 0.1) is 11.3 Å². The van der Waals surface area contributed by atoms with Gasteiger partial charge in [0.1, 0.15) is 9.84 Å². The molecule has 0 saturated carbocycles. The van der Waals surface area contributed by atoms with E-state index in [-0.39, 0.29) is 11.0 Å². The number of anilines is 1. The molecule has 6 heteroatoms. The summed E-state index contributed by atoms with van der Waals surface area (Å²) in [4.78, 5) is 1.09. The van der Waals surface area contributed by atoms with Crippen LogP contribution in [0.1, 0.15) is 19.8 Å². The van der Waals surface area contributed by atoms with Gasteiger partial charge in [-0.15, -0.1) is 11.8 Å². The van der Waals surface area contributed by atoms with E-state index in [0.717, 1.165) is 10.6 Å². The first kappa shape index (κ1) is 16.9. The van der Waals surface area contributed by atoms with E-state index in [9.17, 15) is 8.42 Å². The predicted octanol–water partition coefficient (Wildman–Crippen LogP) is 2.93. The molecule has 4 nitrogen and oxygen atoms in total. The highest BCUT2D eigenvalue weighted by atomic mass is 32.2. The summed E-state index contributed by atoms with van der Waals surface area (Å²) in [6, 6.07) is 10.1. The van der Waals surface area contributed by atoms with Crippen molar-refractivity contribution in [1.29, 1.82) is 5.26 Å². The highest BCUT2D eigenvalue weighted by Gasteiger charge is 2.08. The van der Waals surface area contributed by atoms with Gasteiger partial charge in [-0.2, -0.15) is 5.26 Å². The van der Waals surface area contributed by atoms with Crippen molar-refractivity contribution in [3.05, 3.63) is 24.3 Å². The highest BCUT2D eigenvalue weighted by Crippen LogP contribution is 2.31. The molecule has 0 spiro atoms. The lowest BCUT2D eigenvalue weighted by atomic mass is 10.3. The lowest BCUT2D eigenvalue weighted by Gasteiger charge is -2.13. The van der Waals surface area contributed by atoms with E-state index in [0.29, 0.717) is 19.4 Å². The second-order valence-electron chi connectivity index (χ2n) is 4.70. The standard InChI is InChI=1S/C14H20N2O2S2/c1-12(8-9-15)19-14-7-4-3-6-13(14)16-10-5-11-20(2,17)18/h3-4,6-7,12,16H,5,8,10-11H2,1-2H3/t12-/m1/s1. The molecule has 0 aliphatic rings. The quantitative estimate of drug-likeness (QED) is 0.590. The van der Waals surface area contributed by atoms with E-state index in [1.54, 1.807) is 11.8 Å². The van der Waals surface area contributed by atoms with Crippen LogP contribution in [0.25, 0.3) is 0 Å². The molecule has 110 valence electrons. The fourth-order valence-electron chi connectivity index (χ4n) is 1.66. The molecule has 0 amide bonds. The number of sulfone groups is 1. The minimum absolute atomic E-state index is 0.195. The number of thioether (sulfide) groups is 1. The molecule has 0 radical (unpaired) electrons. The lowest BCUT2D eigenvalue weighted by Crippen LogP contribution is -2.10. The summed E-state index contributed by atoms with van der Waals surface area (Å²) in [5, 5.41) is 12.2. The zero-order chi connectivity index (χ0) is 15.0. The van der Waals surface area contributed by atoms with Crippen LogP contribution in [0.5, 0.6) is 0 Å². The molecular formula is C14H20N2O2S2. The van der Waals surface area contributed by atoms with Gasteiger partial charge >= 0.3 is 0 Å². The summed E-state index contributed by atoms with van der Waals surface area (Å²) < 4.78 is 22.1. The van der Waals surface area contributed by atoms with Crippen LogP contribution in [-0.4, -0.2) is 32.2 Å². The zero-order valence-electron chi connectivity index (χ0n) is 11.8. The average Bonchev–Trinajstić information content (AvgIpc) is 2.35. The Morgan fingerprint density at radius 3 is 2.75 bits per heavy atom. The van der Waals surface area contributed by atoms with Crippen molar-refractivity contribution < 1.29 is 8.42 Å². The van der Waals surface area contributed by atoms with Gasteiger partial charge in [0.25, 0.3) is 0 Å². The van der Waals surface area contributed by atoms with Gasteiger partial charge < -0.3 is 5.32 Å². The molecule has 0 bridgehead atoms. The van der Waals surface area contributed by atoms with Crippen LogP contribution < -0.4 is 5.32 Å². The third-order valence-corrected chi connectivity index (χ3v) is 4.81. The third kappa shape index (κ3) is 6.83. The smallest absolute Gasteiger partial charge is 0.147 e. The lowest BCUT2D eigenvalue weighted by molar-refractivity contribution is 0.600. The minimum Gasteiger partial charge on any atom is -0.384 e. The molecule has 1 atom stereocenters. The van der Waals surface area contributed by atoms with Crippen molar-refractivity contribution in [3.63, 3.8) is 0 Å². The predicted molar refractivity (Wildman–Crippen MR) is 84.8 cm³/mol. The molecule has 0 aliphatic carbocycles. The Morgan fingerprint density at radius 2 is 2.10 bits per heavy atom. The van der Waals surface area contributed by atoms with Crippen LogP contribution >= 0.6 is 11.8 Å². The van der Waals surface area contributed by atoms with Crippen molar-refractivity contribution >= 4 is 27.3 Å². The molecule has 0 unspecified atom stereocenters. The highest BCUT2D eigenvalue weighted by molar-refractivity contribution is 8.00. The monoisotopic (exact) mass is 312 g/mol. The van der Waals surface area contributed by atoms with Crippen LogP contribution in [0.3, 0.4) is 0 Å². The SMILES string of the molecule is C[C@H](CC#N)Sc1ccccc1NCCCS(C)(=O)=O. The molecule has 1 aromatic rings. The largest absolute Gasteiger partial charge is 0.384 e. The Bertz CT molecular complexity index is 565. The summed E-state index contributed by atoms with van der Waals surface area (Å²) in [6.45, 7) is 2.64. The topological polar surface area (TPSA) is 70.0 Å². The maximum absolute atomic E-state index is 11.1. The third-order valence-electron chi connectivity index (χ3n) is 2.60. The first-order chi connectivity index (χ1) is 9.42. The Morgan fingerprint density at radius 1 is 1.40 bits per heavy atom. The number of hydrogen-bond donors (Lipinski definition) is 1. The molecule has 0 heterocycles. The van der Waals surface area contributed by atoms with Crippen molar-refractivity contribution in [2.75, 3.05) is 23.9 Å². The average molecular weight is 312 g/mol. The molecule has 1 rings (SSSR count). The van der Waals surface area contributed by atoms with Gasteiger partial charge in [-0.05, 0) is 18.6 Å². The first-order valence-electron chi connectivity index (χ1n) is 6.46. The van der Waals surface area contributed by atoms with E-state index in [1.807, 2.05) is 31.2 Å². The number of nitriles is 1. The summed E-state index contributed by atoms with van der Waals surface area (Å²) in [5.41, 5.74) is 0.996.